The Morgan fingerprint density at radius 2 is 2.44 bits per heavy atom. The van der Waals surface area contributed by atoms with Gasteiger partial charge in [-0.2, -0.15) is 5.26 Å². The van der Waals surface area contributed by atoms with Crippen LogP contribution in [0.15, 0.2) is 25.0 Å². The highest BCUT2D eigenvalue weighted by atomic mass is 16.4. The Labute approximate surface area is 92.3 Å². The van der Waals surface area contributed by atoms with Crippen LogP contribution >= 0.6 is 0 Å². The number of nitrogens with one attached hydrogen (secondary N) is 1. The molecule has 0 aliphatic rings. The van der Waals surface area contributed by atoms with Crippen molar-refractivity contribution in [1.82, 2.24) is 9.97 Å². The lowest BCUT2D eigenvalue weighted by Gasteiger charge is -2.12. The fourth-order valence-corrected chi connectivity index (χ4v) is 1.03. The Bertz CT molecular complexity index is 421. The van der Waals surface area contributed by atoms with Gasteiger partial charge in [0.1, 0.15) is 17.9 Å². The van der Waals surface area contributed by atoms with Gasteiger partial charge in [0, 0.05) is 0 Å². The third-order valence-corrected chi connectivity index (χ3v) is 1.79. The standard InChI is InChI=1S/C10H10N4O2/c1-2-3-8(10(15)16)14-9-6-12-7(4-11)5-13-9/h2,5-6,8H,1,3H2,(H,13,14)(H,15,16). The number of rotatable bonds is 5. The van der Waals surface area contributed by atoms with Crippen LogP contribution in [-0.4, -0.2) is 27.1 Å². The van der Waals surface area contributed by atoms with Crippen LogP contribution in [0.1, 0.15) is 12.1 Å². The van der Waals surface area contributed by atoms with E-state index in [-0.39, 0.29) is 12.1 Å². The van der Waals surface area contributed by atoms with Crippen molar-refractivity contribution in [3.63, 3.8) is 0 Å². The summed E-state index contributed by atoms with van der Waals surface area (Å²) >= 11 is 0. The van der Waals surface area contributed by atoms with Crippen molar-refractivity contribution in [3.8, 4) is 6.07 Å². The van der Waals surface area contributed by atoms with Crippen molar-refractivity contribution < 1.29 is 9.90 Å². The Balaban J connectivity index is 2.74. The van der Waals surface area contributed by atoms with E-state index >= 15 is 0 Å². The fourth-order valence-electron chi connectivity index (χ4n) is 1.03. The van der Waals surface area contributed by atoms with E-state index < -0.39 is 12.0 Å². The Morgan fingerprint density at radius 1 is 1.69 bits per heavy atom. The minimum Gasteiger partial charge on any atom is -0.480 e. The van der Waals surface area contributed by atoms with Crippen molar-refractivity contribution >= 4 is 11.8 Å². The number of aliphatic carboxylic acids is 1. The molecule has 0 saturated heterocycles. The zero-order valence-corrected chi connectivity index (χ0v) is 8.42. The molecule has 0 fully saturated rings. The molecule has 1 aromatic rings. The first-order chi connectivity index (χ1) is 7.67. The maximum Gasteiger partial charge on any atom is 0.326 e. The monoisotopic (exact) mass is 218 g/mol. The molecule has 0 aliphatic heterocycles. The Kier molecular flexibility index (Phi) is 3.98. The molecule has 1 unspecified atom stereocenters. The molecule has 0 radical (unpaired) electrons. The lowest BCUT2D eigenvalue weighted by atomic mass is 10.2. The molecule has 0 bridgehead atoms. The van der Waals surface area contributed by atoms with Crippen LogP contribution in [0.4, 0.5) is 5.82 Å². The van der Waals surface area contributed by atoms with E-state index in [1.54, 1.807) is 0 Å². The van der Waals surface area contributed by atoms with Gasteiger partial charge in [0.2, 0.25) is 0 Å². The maximum atomic E-state index is 10.8. The molecule has 1 aromatic heterocycles. The number of hydrogen-bond acceptors (Lipinski definition) is 5. The molecule has 2 N–H and O–H groups in total. The van der Waals surface area contributed by atoms with Gasteiger partial charge in [0.25, 0.3) is 0 Å². The summed E-state index contributed by atoms with van der Waals surface area (Å²) in [5, 5.41) is 20.0. The van der Waals surface area contributed by atoms with E-state index in [4.69, 9.17) is 10.4 Å². The summed E-state index contributed by atoms with van der Waals surface area (Å²) < 4.78 is 0. The van der Waals surface area contributed by atoms with E-state index in [1.165, 1.54) is 18.5 Å². The molecule has 0 aromatic carbocycles. The molecule has 0 spiro atoms. The minimum absolute atomic E-state index is 0.182. The van der Waals surface area contributed by atoms with Gasteiger partial charge in [0.05, 0.1) is 12.4 Å². The normalized spacial score (nSPS) is 11.2. The second-order valence-electron chi connectivity index (χ2n) is 2.96. The summed E-state index contributed by atoms with van der Waals surface area (Å²) in [6, 6.07) is 1.03. The van der Waals surface area contributed by atoms with E-state index in [2.05, 4.69) is 21.9 Å². The van der Waals surface area contributed by atoms with Gasteiger partial charge in [-0.15, -0.1) is 6.58 Å². The summed E-state index contributed by atoms with van der Waals surface area (Å²) in [7, 11) is 0. The average molecular weight is 218 g/mol. The predicted molar refractivity (Wildman–Crippen MR) is 56.6 cm³/mol. The fraction of sp³-hybridized carbons (Fsp3) is 0.200. The van der Waals surface area contributed by atoms with Crippen LogP contribution < -0.4 is 5.32 Å². The van der Waals surface area contributed by atoms with Gasteiger partial charge < -0.3 is 10.4 Å². The summed E-state index contributed by atoms with van der Waals surface area (Å²) in [5.41, 5.74) is 0.182. The number of carboxylic acids is 1. The molecule has 16 heavy (non-hydrogen) atoms. The summed E-state index contributed by atoms with van der Waals surface area (Å²) in [5.74, 6) is -0.681. The first-order valence-corrected chi connectivity index (χ1v) is 4.49. The van der Waals surface area contributed by atoms with Crippen LogP contribution in [0.25, 0.3) is 0 Å². The summed E-state index contributed by atoms with van der Waals surface area (Å²) in [6.45, 7) is 3.47. The second kappa shape index (κ2) is 5.46. The van der Waals surface area contributed by atoms with Gasteiger partial charge in [-0.3, -0.25) is 0 Å². The number of nitriles is 1. The zero-order valence-electron chi connectivity index (χ0n) is 8.42. The van der Waals surface area contributed by atoms with Crippen LogP contribution in [0.5, 0.6) is 0 Å². The first-order valence-electron chi connectivity index (χ1n) is 4.49. The predicted octanol–water partition coefficient (Wildman–Crippen LogP) is 0.789. The molecule has 6 heteroatoms. The SMILES string of the molecule is C=CCC(Nc1cnc(C#N)cn1)C(=O)O. The van der Waals surface area contributed by atoms with Crippen molar-refractivity contribution in [2.45, 2.75) is 12.5 Å². The molecule has 82 valence electrons. The third-order valence-electron chi connectivity index (χ3n) is 1.79. The van der Waals surface area contributed by atoms with Gasteiger partial charge in [-0.25, -0.2) is 14.8 Å². The van der Waals surface area contributed by atoms with Crippen molar-refractivity contribution in [3.05, 3.63) is 30.7 Å². The molecule has 1 heterocycles. The molecule has 6 nitrogen and oxygen atoms in total. The zero-order chi connectivity index (χ0) is 12.0. The average Bonchev–Trinajstić information content (AvgIpc) is 2.29. The molecule has 1 rings (SSSR count). The van der Waals surface area contributed by atoms with E-state index in [0.29, 0.717) is 5.82 Å². The van der Waals surface area contributed by atoms with E-state index in [9.17, 15) is 4.79 Å². The number of hydrogen-bond donors (Lipinski definition) is 2. The Morgan fingerprint density at radius 3 is 2.88 bits per heavy atom. The van der Waals surface area contributed by atoms with E-state index in [1.807, 2.05) is 6.07 Å². The highest BCUT2D eigenvalue weighted by molar-refractivity contribution is 5.76. The highest BCUT2D eigenvalue weighted by Crippen LogP contribution is 2.05. The van der Waals surface area contributed by atoms with Crippen LogP contribution in [-0.2, 0) is 4.79 Å². The van der Waals surface area contributed by atoms with Crippen molar-refractivity contribution in [1.29, 1.82) is 5.26 Å². The van der Waals surface area contributed by atoms with Crippen molar-refractivity contribution in [2.75, 3.05) is 5.32 Å². The van der Waals surface area contributed by atoms with Crippen LogP contribution in [0.3, 0.4) is 0 Å². The van der Waals surface area contributed by atoms with Gasteiger partial charge in [0.15, 0.2) is 5.69 Å². The van der Waals surface area contributed by atoms with Gasteiger partial charge in [-0.05, 0) is 6.42 Å². The second-order valence-corrected chi connectivity index (χ2v) is 2.96. The molecular formula is C10H10N4O2. The Hall–Kier alpha value is -2.42. The molecule has 1 atom stereocenters. The topological polar surface area (TPSA) is 98.9 Å². The number of anilines is 1. The maximum absolute atomic E-state index is 10.8. The molecule has 0 aliphatic carbocycles. The molecule has 0 saturated carbocycles. The van der Waals surface area contributed by atoms with Crippen molar-refractivity contribution in [2.24, 2.45) is 0 Å². The number of carbonyl (C=O) groups is 1. The van der Waals surface area contributed by atoms with Crippen LogP contribution in [0.2, 0.25) is 0 Å². The van der Waals surface area contributed by atoms with Gasteiger partial charge in [-0.1, -0.05) is 6.08 Å². The van der Waals surface area contributed by atoms with Gasteiger partial charge >= 0.3 is 5.97 Å². The van der Waals surface area contributed by atoms with Crippen LogP contribution in [0, 0.1) is 11.3 Å². The number of aromatic nitrogens is 2. The summed E-state index contributed by atoms with van der Waals surface area (Å²) in [4.78, 5) is 18.4. The highest BCUT2D eigenvalue weighted by Gasteiger charge is 2.15. The first kappa shape index (κ1) is 11.7. The number of carboxylic acid groups (broad SMARTS) is 1. The summed E-state index contributed by atoms with van der Waals surface area (Å²) in [6.07, 6.45) is 4.37. The molecular weight excluding hydrogens is 208 g/mol. The van der Waals surface area contributed by atoms with E-state index in [0.717, 1.165) is 0 Å². The molecule has 0 amide bonds. The number of nitrogens with zero attached hydrogens (tertiary/aromatic N) is 3. The minimum atomic E-state index is -0.994. The smallest absolute Gasteiger partial charge is 0.326 e. The lowest BCUT2D eigenvalue weighted by Crippen LogP contribution is -2.29. The largest absolute Gasteiger partial charge is 0.480 e. The quantitative estimate of drug-likeness (QED) is 0.709. The lowest BCUT2D eigenvalue weighted by molar-refractivity contribution is -0.137. The third kappa shape index (κ3) is 3.06.